The number of carbonyl (C=O) groups excluding carboxylic acids is 1. The van der Waals surface area contributed by atoms with Crippen LogP contribution >= 0.6 is 11.8 Å². The third kappa shape index (κ3) is 7.18. The van der Waals surface area contributed by atoms with E-state index in [0.29, 0.717) is 6.61 Å². The van der Waals surface area contributed by atoms with E-state index in [1.54, 1.807) is 6.92 Å². The maximum atomic E-state index is 10.6. The molecular formula is C6H10O4S. The van der Waals surface area contributed by atoms with Crippen molar-refractivity contribution in [2.45, 2.75) is 6.92 Å². The van der Waals surface area contributed by atoms with Crippen LogP contribution in [0.3, 0.4) is 0 Å². The summed E-state index contributed by atoms with van der Waals surface area (Å²) in [4.78, 5) is 20.6. The first-order valence-corrected chi connectivity index (χ1v) is 4.27. The van der Waals surface area contributed by atoms with Gasteiger partial charge in [0, 0.05) is 0 Å². The van der Waals surface area contributed by atoms with E-state index in [2.05, 4.69) is 4.74 Å². The van der Waals surface area contributed by atoms with Gasteiger partial charge < -0.3 is 9.84 Å². The summed E-state index contributed by atoms with van der Waals surface area (Å²) in [5.74, 6) is -1.23. The third-order valence-electron chi connectivity index (χ3n) is 0.751. The van der Waals surface area contributed by atoms with Gasteiger partial charge in [-0.05, 0) is 6.92 Å². The minimum Gasteiger partial charge on any atom is -0.481 e. The second-order valence-electron chi connectivity index (χ2n) is 1.69. The van der Waals surface area contributed by atoms with Crippen molar-refractivity contribution >= 4 is 23.7 Å². The van der Waals surface area contributed by atoms with Crippen LogP contribution in [-0.2, 0) is 14.3 Å². The van der Waals surface area contributed by atoms with Gasteiger partial charge in [0.1, 0.15) is 0 Å². The Morgan fingerprint density at radius 3 is 2.55 bits per heavy atom. The molecule has 5 heteroatoms. The second-order valence-corrected chi connectivity index (χ2v) is 2.68. The lowest BCUT2D eigenvalue weighted by molar-refractivity contribution is -0.139. The number of thioether (sulfide) groups is 1. The van der Waals surface area contributed by atoms with E-state index in [1.807, 2.05) is 0 Å². The van der Waals surface area contributed by atoms with Gasteiger partial charge in [-0.2, -0.15) is 0 Å². The van der Waals surface area contributed by atoms with Gasteiger partial charge >= 0.3 is 11.9 Å². The van der Waals surface area contributed by atoms with Gasteiger partial charge in [-0.25, -0.2) is 0 Å². The molecule has 0 heterocycles. The number of ether oxygens (including phenoxy) is 1. The number of hydrogen-bond acceptors (Lipinski definition) is 4. The number of rotatable bonds is 5. The predicted octanol–water partition coefficient (Wildman–Crippen LogP) is 0.367. The normalized spacial score (nSPS) is 9.18. The van der Waals surface area contributed by atoms with Gasteiger partial charge in [0.15, 0.2) is 0 Å². The molecule has 0 aliphatic rings. The van der Waals surface area contributed by atoms with Crippen LogP contribution in [0.2, 0.25) is 0 Å². The van der Waals surface area contributed by atoms with Crippen LogP contribution in [0, 0.1) is 0 Å². The molecule has 0 radical (unpaired) electrons. The summed E-state index contributed by atoms with van der Waals surface area (Å²) in [6, 6.07) is 0. The predicted molar refractivity (Wildman–Crippen MR) is 41.6 cm³/mol. The Bertz CT molecular complexity index is 146. The van der Waals surface area contributed by atoms with E-state index in [9.17, 15) is 9.59 Å². The number of hydrogen-bond donors (Lipinski definition) is 1. The van der Waals surface area contributed by atoms with Crippen LogP contribution < -0.4 is 0 Å². The van der Waals surface area contributed by atoms with Crippen LogP contribution in [-0.4, -0.2) is 35.2 Å². The standard InChI is InChI=1S/C6H10O4S/c1-2-10-6(9)4-11-3-5(7)8/h2-4H2,1H3,(H,7,8). The van der Waals surface area contributed by atoms with Crippen LogP contribution in [0.5, 0.6) is 0 Å². The summed E-state index contributed by atoms with van der Waals surface area (Å²) >= 11 is 1.04. The molecule has 0 fully saturated rings. The second kappa shape index (κ2) is 6.03. The fraction of sp³-hybridized carbons (Fsp3) is 0.667. The molecule has 0 saturated carbocycles. The van der Waals surface area contributed by atoms with Crippen molar-refractivity contribution in [1.82, 2.24) is 0 Å². The van der Waals surface area contributed by atoms with Gasteiger partial charge in [0.05, 0.1) is 18.1 Å². The van der Waals surface area contributed by atoms with Crippen LogP contribution in [0.1, 0.15) is 6.92 Å². The van der Waals surface area contributed by atoms with E-state index in [1.165, 1.54) is 0 Å². The first-order valence-electron chi connectivity index (χ1n) is 3.12. The zero-order chi connectivity index (χ0) is 8.69. The highest BCUT2D eigenvalue weighted by atomic mass is 32.2. The average molecular weight is 178 g/mol. The summed E-state index contributed by atoms with van der Waals surface area (Å²) in [5, 5.41) is 8.18. The third-order valence-corrected chi connectivity index (χ3v) is 1.64. The molecule has 64 valence electrons. The van der Waals surface area contributed by atoms with Gasteiger partial charge in [-0.1, -0.05) is 0 Å². The van der Waals surface area contributed by atoms with Crippen molar-refractivity contribution in [3.63, 3.8) is 0 Å². The highest BCUT2D eigenvalue weighted by Gasteiger charge is 2.03. The molecule has 0 rings (SSSR count). The molecule has 11 heavy (non-hydrogen) atoms. The van der Waals surface area contributed by atoms with Gasteiger partial charge in [-0.3, -0.25) is 9.59 Å². The minimum atomic E-state index is -0.917. The average Bonchev–Trinajstić information content (AvgIpc) is 1.87. The first-order chi connectivity index (χ1) is 5.16. The van der Waals surface area contributed by atoms with Crippen molar-refractivity contribution in [3.05, 3.63) is 0 Å². The smallest absolute Gasteiger partial charge is 0.315 e. The SMILES string of the molecule is CCOC(=O)CSCC(=O)O. The number of carboxylic acids is 1. The molecule has 0 aliphatic carbocycles. The van der Waals surface area contributed by atoms with Crippen molar-refractivity contribution in [3.8, 4) is 0 Å². The molecule has 0 spiro atoms. The van der Waals surface area contributed by atoms with Crippen LogP contribution in [0.4, 0.5) is 0 Å². The summed E-state index contributed by atoms with van der Waals surface area (Å²) in [6.07, 6.45) is 0. The summed E-state index contributed by atoms with van der Waals surface area (Å²) in [6.45, 7) is 2.05. The fourth-order valence-electron chi connectivity index (χ4n) is 0.424. The summed E-state index contributed by atoms with van der Waals surface area (Å²) < 4.78 is 4.57. The topological polar surface area (TPSA) is 63.6 Å². The lowest BCUT2D eigenvalue weighted by atomic mass is 10.8. The van der Waals surface area contributed by atoms with E-state index in [-0.39, 0.29) is 17.5 Å². The number of esters is 1. The molecule has 0 aromatic heterocycles. The summed E-state index contributed by atoms with van der Waals surface area (Å²) in [5.41, 5.74) is 0. The molecule has 0 atom stereocenters. The Kier molecular flexibility index (Phi) is 5.64. The number of carboxylic acid groups (broad SMARTS) is 1. The van der Waals surface area contributed by atoms with E-state index in [4.69, 9.17) is 5.11 Å². The maximum Gasteiger partial charge on any atom is 0.315 e. The lowest BCUT2D eigenvalue weighted by Crippen LogP contribution is -2.09. The van der Waals surface area contributed by atoms with Gasteiger partial charge in [-0.15, -0.1) is 11.8 Å². The van der Waals surface area contributed by atoms with Crippen molar-refractivity contribution in [2.24, 2.45) is 0 Å². The Labute approximate surface area is 68.9 Å². The Balaban J connectivity index is 3.24. The molecule has 0 aromatic rings. The van der Waals surface area contributed by atoms with E-state index in [0.717, 1.165) is 11.8 Å². The maximum absolute atomic E-state index is 10.6. The zero-order valence-electron chi connectivity index (χ0n) is 6.20. The van der Waals surface area contributed by atoms with Crippen LogP contribution in [0.15, 0.2) is 0 Å². The Hall–Kier alpha value is -0.710. The Morgan fingerprint density at radius 1 is 1.45 bits per heavy atom. The highest BCUT2D eigenvalue weighted by molar-refractivity contribution is 8.00. The zero-order valence-corrected chi connectivity index (χ0v) is 7.02. The Morgan fingerprint density at radius 2 is 2.09 bits per heavy atom. The highest BCUT2D eigenvalue weighted by Crippen LogP contribution is 1.99. The van der Waals surface area contributed by atoms with Crippen LogP contribution in [0.25, 0.3) is 0 Å². The van der Waals surface area contributed by atoms with Crippen molar-refractivity contribution in [1.29, 1.82) is 0 Å². The fourth-order valence-corrected chi connectivity index (χ4v) is 0.951. The molecule has 0 saturated heterocycles. The molecule has 1 N–H and O–H groups in total. The molecule has 0 amide bonds. The monoisotopic (exact) mass is 178 g/mol. The quantitative estimate of drug-likeness (QED) is 0.616. The van der Waals surface area contributed by atoms with Gasteiger partial charge in [0.2, 0.25) is 0 Å². The first kappa shape index (κ1) is 10.3. The molecule has 0 unspecified atom stereocenters. The lowest BCUT2D eigenvalue weighted by Gasteiger charge is -1.98. The van der Waals surface area contributed by atoms with E-state index >= 15 is 0 Å². The van der Waals surface area contributed by atoms with Crippen molar-refractivity contribution < 1.29 is 19.4 Å². The number of aliphatic carboxylic acids is 1. The molecule has 0 aliphatic heterocycles. The molecule has 0 bridgehead atoms. The number of carbonyl (C=O) groups is 2. The van der Waals surface area contributed by atoms with Gasteiger partial charge in [0.25, 0.3) is 0 Å². The molecule has 4 nitrogen and oxygen atoms in total. The minimum absolute atomic E-state index is 0.0567. The van der Waals surface area contributed by atoms with Crippen molar-refractivity contribution in [2.75, 3.05) is 18.1 Å². The largest absolute Gasteiger partial charge is 0.481 e. The summed E-state index contributed by atoms with van der Waals surface area (Å²) in [7, 11) is 0. The molecule has 0 aromatic carbocycles. The molecular weight excluding hydrogens is 168 g/mol. The van der Waals surface area contributed by atoms with E-state index < -0.39 is 5.97 Å².